The Labute approximate surface area is 229 Å². The Bertz CT molecular complexity index is 1300. The van der Waals surface area contributed by atoms with Gasteiger partial charge in [0.25, 0.3) is 5.91 Å². The molecule has 0 atom stereocenters. The molecular weight excluding hydrogens is 494 g/mol. The summed E-state index contributed by atoms with van der Waals surface area (Å²) < 4.78 is 7.51. The van der Waals surface area contributed by atoms with Crippen LogP contribution in [0.15, 0.2) is 48.9 Å². The second-order valence-corrected chi connectivity index (χ2v) is 11.3. The lowest BCUT2D eigenvalue weighted by atomic mass is 9.90. The Morgan fingerprint density at radius 1 is 0.923 bits per heavy atom. The van der Waals surface area contributed by atoms with Gasteiger partial charge < -0.3 is 19.4 Å². The first kappa shape index (κ1) is 26.6. The van der Waals surface area contributed by atoms with Crippen molar-refractivity contribution in [1.82, 2.24) is 29.5 Å². The van der Waals surface area contributed by atoms with Gasteiger partial charge in [0.15, 0.2) is 0 Å². The Kier molecular flexibility index (Phi) is 7.54. The van der Waals surface area contributed by atoms with Gasteiger partial charge in [0.1, 0.15) is 5.60 Å². The van der Waals surface area contributed by atoms with Gasteiger partial charge in [-0.25, -0.2) is 19.4 Å². The number of hydrogen-bond donors (Lipinski definition) is 0. The first-order chi connectivity index (χ1) is 18.7. The molecule has 0 saturated carbocycles. The highest BCUT2D eigenvalue weighted by Gasteiger charge is 2.34. The molecule has 0 unspecified atom stereocenters. The van der Waals surface area contributed by atoms with Gasteiger partial charge in [-0.15, -0.1) is 0 Å². The van der Waals surface area contributed by atoms with Crippen LogP contribution in [-0.2, 0) is 4.74 Å². The predicted octanol–water partition coefficient (Wildman–Crippen LogP) is 4.05. The highest BCUT2D eigenvalue weighted by atomic mass is 16.6. The number of likely N-dealkylation sites (tertiary alicyclic amines) is 1. The molecule has 2 fully saturated rings. The molecule has 10 nitrogen and oxygen atoms in total. The minimum atomic E-state index is -0.534. The summed E-state index contributed by atoms with van der Waals surface area (Å²) in [7, 11) is 0. The van der Waals surface area contributed by atoms with Crippen LogP contribution in [0.5, 0.6) is 0 Å². The van der Waals surface area contributed by atoms with Crippen molar-refractivity contribution in [3.63, 3.8) is 0 Å². The molecule has 0 N–H and O–H groups in total. The van der Waals surface area contributed by atoms with Crippen molar-refractivity contribution in [1.29, 1.82) is 0 Å². The second kappa shape index (κ2) is 11.0. The van der Waals surface area contributed by atoms with Crippen LogP contribution in [0, 0.1) is 6.92 Å². The van der Waals surface area contributed by atoms with Gasteiger partial charge in [0.05, 0.1) is 23.1 Å². The first-order valence-electron chi connectivity index (χ1n) is 13.6. The van der Waals surface area contributed by atoms with Gasteiger partial charge in [-0.05, 0) is 64.3 Å². The fourth-order valence-electron chi connectivity index (χ4n) is 5.28. The highest BCUT2D eigenvalue weighted by molar-refractivity contribution is 5.95. The van der Waals surface area contributed by atoms with Crippen molar-refractivity contribution < 1.29 is 14.3 Å². The highest BCUT2D eigenvalue weighted by Crippen LogP contribution is 2.33. The smallest absolute Gasteiger partial charge is 0.410 e. The fraction of sp³-hybridized carbons (Fsp3) is 0.483. The third kappa shape index (κ3) is 6.05. The van der Waals surface area contributed by atoms with Gasteiger partial charge in [-0.1, -0.05) is 12.1 Å². The molecule has 2 aliphatic rings. The molecule has 39 heavy (non-hydrogen) atoms. The van der Waals surface area contributed by atoms with E-state index in [2.05, 4.69) is 20.9 Å². The zero-order valence-corrected chi connectivity index (χ0v) is 23.2. The van der Waals surface area contributed by atoms with Gasteiger partial charge in [0, 0.05) is 57.6 Å². The lowest BCUT2D eigenvalue weighted by Gasteiger charge is -2.36. The van der Waals surface area contributed by atoms with E-state index in [4.69, 9.17) is 9.84 Å². The summed E-state index contributed by atoms with van der Waals surface area (Å²) >= 11 is 0. The summed E-state index contributed by atoms with van der Waals surface area (Å²) in [6.45, 7) is 11.3. The number of benzene rings is 1. The number of piperazine rings is 1. The number of carbonyl (C=O) groups is 2. The van der Waals surface area contributed by atoms with E-state index in [1.165, 1.54) is 0 Å². The molecule has 0 spiro atoms. The van der Waals surface area contributed by atoms with Crippen LogP contribution in [0.1, 0.15) is 61.1 Å². The maximum Gasteiger partial charge on any atom is 0.410 e. The Hall–Kier alpha value is -3.95. The van der Waals surface area contributed by atoms with Crippen LogP contribution in [-0.4, -0.2) is 86.4 Å². The lowest BCUT2D eigenvalue weighted by Crippen LogP contribution is -2.49. The van der Waals surface area contributed by atoms with Crippen LogP contribution in [0.3, 0.4) is 0 Å². The van der Waals surface area contributed by atoms with Gasteiger partial charge in [0.2, 0.25) is 5.95 Å². The number of amides is 2. The summed E-state index contributed by atoms with van der Waals surface area (Å²) in [5.74, 6) is 0.770. The predicted molar refractivity (Wildman–Crippen MR) is 148 cm³/mol. The standard InChI is InChI=1S/C29H37N7O3/c1-21-7-5-8-23(19-21)36-25(22-9-13-35(14-10-22)28(38)39-29(2,3)4)24(20-32-36)26(37)33-15-17-34(18-16-33)27-30-11-6-12-31-27/h5-8,11-12,19-20,22H,9-10,13-18H2,1-4H3. The van der Waals surface area contributed by atoms with Crippen LogP contribution >= 0.6 is 0 Å². The summed E-state index contributed by atoms with van der Waals surface area (Å²) in [4.78, 5) is 41.0. The summed E-state index contributed by atoms with van der Waals surface area (Å²) in [5.41, 5.74) is 3.08. The average molecular weight is 532 g/mol. The van der Waals surface area contributed by atoms with Crippen molar-refractivity contribution in [2.24, 2.45) is 0 Å². The maximum absolute atomic E-state index is 13.9. The quantitative estimate of drug-likeness (QED) is 0.501. The van der Waals surface area contributed by atoms with E-state index >= 15 is 0 Å². The summed E-state index contributed by atoms with van der Waals surface area (Å²) in [6.07, 6.45) is 6.36. The Balaban J connectivity index is 1.36. The average Bonchev–Trinajstić information content (AvgIpc) is 3.38. The number of anilines is 1. The van der Waals surface area contributed by atoms with Crippen LogP contribution < -0.4 is 4.90 Å². The molecule has 4 heterocycles. The van der Waals surface area contributed by atoms with E-state index in [-0.39, 0.29) is 17.9 Å². The molecule has 0 bridgehead atoms. The topological polar surface area (TPSA) is 96.7 Å². The molecule has 5 rings (SSSR count). The van der Waals surface area contributed by atoms with Gasteiger partial charge in [-0.2, -0.15) is 5.10 Å². The van der Waals surface area contributed by atoms with Gasteiger partial charge in [-0.3, -0.25) is 4.79 Å². The molecule has 0 aliphatic carbocycles. The molecule has 0 radical (unpaired) electrons. The van der Waals surface area contributed by atoms with Crippen molar-refractivity contribution in [2.75, 3.05) is 44.2 Å². The molecule has 2 saturated heterocycles. The van der Waals surface area contributed by atoms with Crippen molar-refractivity contribution in [3.8, 4) is 5.69 Å². The lowest BCUT2D eigenvalue weighted by molar-refractivity contribution is 0.0203. The second-order valence-electron chi connectivity index (χ2n) is 11.3. The number of carbonyl (C=O) groups excluding carboxylic acids is 2. The van der Waals surface area contributed by atoms with Crippen LogP contribution in [0.4, 0.5) is 10.7 Å². The fourth-order valence-corrected chi connectivity index (χ4v) is 5.28. The molecule has 2 aliphatic heterocycles. The minimum Gasteiger partial charge on any atom is -0.444 e. The van der Waals surface area contributed by atoms with E-state index in [0.29, 0.717) is 50.8 Å². The number of aromatic nitrogens is 4. The molecule has 10 heteroatoms. The largest absolute Gasteiger partial charge is 0.444 e. The number of ether oxygens (including phenoxy) is 1. The zero-order chi connectivity index (χ0) is 27.6. The first-order valence-corrected chi connectivity index (χ1v) is 13.6. The molecule has 2 aromatic heterocycles. The molecule has 1 aromatic carbocycles. The van der Waals surface area contributed by atoms with E-state index in [1.54, 1.807) is 29.6 Å². The maximum atomic E-state index is 13.9. The van der Waals surface area contributed by atoms with E-state index in [1.807, 2.05) is 55.5 Å². The minimum absolute atomic E-state index is 0.00731. The Morgan fingerprint density at radius 2 is 1.62 bits per heavy atom. The molecular formula is C29H37N7O3. The third-order valence-corrected chi connectivity index (χ3v) is 7.22. The van der Waals surface area contributed by atoms with E-state index in [0.717, 1.165) is 29.8 Å². The zero-order valence-electron chi connectivity index (χ0n) is 23.2. The Morgan fingerprint density at radius 3 is 2.26 bits per heavy atom. The summed E-state index contributed by atoms with van der Waals surface area (Å²) in [5, 5.41) is 4.72. The summed E-state index contributed by atoms with van der Waals surface area (Å²) in [6, 6.07) is 9.96. The number of piperidine rings is 1. The third-order valence-electron chi connectivity index (χ3n) is 7.22. The molecule has 3 aromatic rings. The van der Waals surface area contributed by atoms with Crippen molar-refractivity contribution in [2.45, 2.75) is 52.1 Å². The van der Waals surface area contributed by atoms with E-state index in [9.17, 15) is 9.59 Å². The van der Waals surface area contributed by atoms with Gasteiger partial charge >= 0.3 is 6.09 Å². The number of rotatable bonds is 4. The van der Waals surface area contributed by atoms with E-state index < -0.39 is 5.60 Å². The number of hydrogen-bond acceptors (Lipinski definition) is 7. The van der Waals surface area contributed by atoms with Crippen molar-refractivity contribution >= 4 is 17.9 Å². The van der Waals surface area contributed by atoms with Crippen LogP contribution in [0.2, 0.25) is 0 Å². The van der Waals surface area contributed by atoms with Crippen molar-refractivity contribution in [3.05, 3.63) is 65.7 Å². The SMILES string of the molecule is Cc1cccc(-n2ncc(C(=O)N3CCN(c4ncccn4)CC3)c2C2CCN(C(=O)OC(C)(C)C)CC2)c1. The number of nitrogens with zero attached hydrogens (tertiary/aromatic N) is 7. The van der Waals surface area contributed by atoms with Crippen LogP contribution in [0.25, 0.3) is 5.69 Å². The molecule has 206 valence electrons. The monoisotopic (exact) mass is 531 g/mol. The number of aryl methyl sites for hydroxylation is 1. The normalized spacial score (nSPS) is 16.9. The molecule has 2 amide bonds.